The molecule has 2 rings (SSSR count). The number of rotatable bonds is 4. The minimum absolute atomic E-state index is 0.311. The van der Waals surface area contributed by atoms with Gasteiger partial charge in [-0.05, 0) is 20.5 Å². The summed E-state index contributed by atoms with van der Waals surface area (Å²) in [6.45, 7) is 2.65. The van der Waals surface area contributed by atoms with E-state index in [-0.39, 0.29) is 0 Å². The maximum atomic E-state index is 11.1. The Morgan fingerprint density at radius 1 is 1.61 bits per heavy atom. The molecule has 100 valence electrons. The average Bonchev–Trinajstić information content (AvgIpc) is 2.88. The van der Waals surface area contributed by atoms with E-state index in [0.29, 0.717) is 18.2 Å². The number of nitrogens with zero attached hydrogens (tertiary/aromatic N) is 4. The van der Waals surface area contributed by atoms with Crippen LogP contribution in [0.1, 0.15) is 22.5 Å². The fourth-order valence-electron chi connectivity index (χ4n) is 2.42. The number of hydrogen-bond acceptors (Lipinski definition) is 4. The average molecular weight is 252 g/mol. The summed E-state index contributed by atoms with van der Waals surface area (Å²) >= 11 is 0. The Morgan fingerprint density at radius 3 is 2.89 bits per heavy atom. The molecule has 2 heterocycles. The molecule has 0 saturated carbocycles. The van der Waals surface area contributed by atoms with Crippen LogP contribution in [-0.4, -0.2) is 63.9 Å². The molecule has 1 unspecified atom stereocenters. The molecule has 0 aromatic carbocycles. The number of likely N-dealkylation sites (tertiary alicyclic amines) is 1. The molecule has 18 heavy (non-hydrogen) atoms. The zero-order valence-electron chi connectivity index (χ0n) is 11.1. The molecule has 1 N–H and O–H groups in total. The maximum Gasteiger partial charge on any atom is 0.339 e. The number of likely N-dealkylation sites (N-methyl/N-ethyl adjacent to an activating group) is 1. The molecule has 1 aliphatic heterocycles. The molecular formula is C12H20N4O2. The predicted molar refractivity (Wildman–Crippen MR) is 67.5 cm³/mol. The molecular weight excluding hydrogens is 232 g/mol. The molecule has 1 saturated heterocycles. The number of hydrogen-bond donors (Lipinski definition) is 1. The van der Waals surface area contributed by atoms with Gasteiger partial charge in [0.15, 0.2) is 0 Å². The Hall–Kier alpha value is -1.40. The first-order valence-corrected chi connectivity index (χ1v) is 6.12. The molecule has 1 fully saturated rings. The number of aryl methyl sites for hydroxylation is 1. The number of carboxylic acids is 1. The number of carbonyl (C=O) groups is 1. The summed E-state index contributed by atoms with van der Waals surface area (Å²) in [6, 6.07) is 0.562. The Kier molecular flexibility index (Phi) is 3.68. The molecule has 6 heteroatoms. The van der Waals surface area contributed by atoms with E-state index in [0.717, 1.165) is 25.2 Å². The van der Waals surface area contributed by atoms with Crippen molar-refractivity contribution in [3.05, 3.63) is 17.5 Å². The van der Waals surface area contributed by atoms with Crippen molar-refractivity contribution in [2.75, 3.05) is 27.2 Å². The lowest BCUT2D eigenvalue weighted by atomic mass is 10.2. The van der Waals surface area contributed by atoms with Crippen molar-refractivity contribution in [3.63, 3.8) is 0 Å². The van der Waals surface area contributed by atoms with Crippen LogP contribution in [0.25, 0.3) is 0 Å². The molecule has 0 aliphatic carbocycles. The molecule has 1 aromatic heterocycles. The molecule has 0 spiro atoms. The SMILES string of the molecule is CN(C)C1CCN(Cc2c(C(=O)O)cnn2C)C1. The van der Waals surface area contributed by atoms with Gasteiger partial charge in [0, 0.05) is 32.7 Å². The summed E-state index contributed by atoms with van der Waals surface area (Å²) in [7, 11) is 5.96. The highest BCUT2D eigenvalue weighted by Gasteiger charge is 2.26. The number of carboxylic acid groups (broad SMARTS) is 1. The Bertz CT molecular complexity index is 441. The van der Waals surface area contributed by atoms with Gasteiger partial charge in [-0.2, -0.15) is 5.10 Å². The lowest BCUT2D eigenvalue weighted by Crippen LogP contribution is -2.31. The first kappa shape index (κ1) is 13.0. The summed E-state index contributed by atoms with van der Waals surface area (Å²) in [4.78, 5) is 15.6. The normalized spacial score (nSPS) is 20.8. The summed E-state index contributed by atoms with van der Waals surface area (Å²) < 4.78 is 1.66. The summed E-state index contributed by atoms with van der Waals surface area (Å²) in [5.41, 5.74) is 1.09. The van der Waals surface area contributed by atoms with E-state index < -0.39 is 5.97 Å². The van der Waals surface area contributed by atoms with Gasteiger partial charge in [-0.1, -0.05) is 0 Å². The quantitative estimate of drug-likeness (QED) is 0.832. The molecule has 1 atom stereocenters. The first-order chi connectivity index (χ1) is 8.49. The fourth-order valence-corrected chi connectivity index (χ4v) is 2.42. The van der Waals surface area contributed by atoms with Crippen molar-refractivity contribution in [1.82, 2.24) is 19.6 Å². The van der Waals surface area contributed by atoms with Gasteiger partial charge in [0.2, 0.25) is 0 Å². The van der Waals surface area contributed by atoms with E-state index in [4.69, 9.17) is 5.11 Å². The maximum absolute atomic E-state index is 11.1. The van der Waals surface area contributed by atoms with Crippen molar-refractivity contribution in [2.45, 2.75) is 19.0 Å². The van der Waals surface area contributed by atoms with Crippen LogP contribution in [0, 0.1) is 0 Å². The van der Waals surface area contributed by atoms with E-state index in [1.165, 1.54) is 6.20 Å². The molecule has 1 aliphatic rings. The van der Waals surface area contributed by atoms with Crippen LogP contribution in [-0.2, 0) is 13.6 Å². The minimum Gasteiger partial charge on any atom is -0.478 e. The van der Waals surface area contributed by atoms with Crippen LogP contribution in [0.2, 0.25) is 0 Å². The van der Waals surface area contributed by atoms with Gasteiger partial charge in [-0.3, -0.25) is 9.58 Å². The standard InChI is InChI=1S/C12H20N4O2/c1-14(2)9-4-5-16(7-9)8-11-10(12(17)18)6-13-15(11)3/h6,9H,4-5,7-8H2,1-3H3,(H,17,18). The van der Waals surface area contributed by atoms with Gasteiger partial charge in [-0.15, -0.1) is 0 Å². The highest BCUT2D eigenvalue weighted by molar-refractivity contribution is 5.88. The molecule has 1 aromatic rings. The fraction of sp³-hybridized carbons (Fsp3) is 0.667. The van der Waals surface area contributed by atoms with Crippen molar-refractivity contribution in [2.24, 2.45) is 7.05 Å². The van der Waals surface area contributed by atoms with Crippen LogP contribution >= 0.6 is 0 Å². The van der Waals surface area contributed by atoms with Gasteiger partial charge in [0.05, 0.1) is 11.9 Å². The van der Waals surface area contributed by atoms with Crippen molar-refractivity contribution < 1.29 is 9.90 Å². The summed E-state index contributed by atoms with van der Waals surface area (Å²) in [6.07, 6.45) is 2.56. The van der Waals surface area contributed by atoms with E-state index >= 15 is 0 Å². The van der Waals surface area contributed by atoms with Gasteiger partial charge in [-0.25, -0.2) is 4.79 Å². The number of aromatic carboxylic acids is 1. The van der Waals surface area contributed by atoms with Gasteiger partial charge in [0.1, 0.15) is 5.56 Å². The summed E-state index contributed by atoms with van der Waals surface area (Å²) in [5.74, 6) is -0.901. The molecule has 6 nitrogen and oxygen atoms in total. The van der Waals surface area contributed by atoms with Crippen LogP contribution < -0.4 is 0 Å². The Morgan fingerprint density at radius 2 is 2.33 bits per heavy atom. The van der Waals surface area contributed by atoms with Crippen LogP contribution in [0.5, 0.6) is 0 Å². The molecule has 0 amide bonds. The van der Waals surface area contributed by atoms with E-state index in [1.54, 1.807) is 11.7 Å². The van der Waals surface area contributed by atoms with Gasteiger partial charge >= 0.3 is 5.97 Å². The van der Waals surface area contributed by atoms with E-state index in [9.17, 15) is 4.79 Å². The largest absolute Gasteiger partial charge is 0.478 e. The van der Waals surface area contributed by atoms with Crippen LogP contribution in [0.15, 0.2) is 6.20 Å². The lowest BCUT2D eigenvalue weighted by molar-refractivity contribution is 0.0694. The monoisotopic (exact) mass is 252 g/mol. The topological polar surface area (TPSA) is 61.6 Å². The second kappa shape index (κ2) is 5.07. The third kappa shape index (κ3) is 2.54. The third-order valence-corrected chi connectivity index (χ3v) is 3.64. The second-order valence-electron chi connectivity index (χ2n) is 5.07. The first-order valence-electron chi connectivity index (χ1n) is 6.12. The number of aromatic nitrogens is 2. The highest BCUT2D eigenvalue weighted by Crippen LogP contribution is 2.18. The van der Waals surface area contributed by atoms with Crippen LogP contribution in [0.4, 0.5) is 0 Å². The smallest absolute Gasteiger partial charge is 0.339 e. The zero-order chi connectivity index (χ0) is 13.3. The van der Waals surface area contributed by atoms with E-state index in [2.05, 4.69) is 29.0 Å². The lowest BCUT2D eigenvalue weighted by Gasteiger charge is -2.20. The third-order valence-electron chi connectivity index (χ3n) is 3.64. The van der Waals surface area contributed by atoms with Crippen molar-refractivity contribution in [3.8, 4) is 0 Å². The predicted octanol–water partition coefficient (Wildman–Crippen LogP) is 0.254. The van der Waals surface area contributed by atoms with Crippen molar-refractivity contribution in [1.29, 1.82) is 0 Å². The van der Waals surface area contributed by atoms with Crippen LogP contribution in [0.3, 0.4) is 0 Å². The Labute approximate surface area is 107 Å². The van der Waals surface area contributed by atoms with Gasteiger partial charge in [0.25, 0.3) is 0 Å². The molecule has 0 bridgehead atoms. The van der Waals surface area contributed by atoms with Crippen molar-refractivity contribution >= 4 is 5.97 Å². The molecule has 0 radical (unpaired) electrons. The second-order valence-corrected chi connectivity index (χ2v) is 5.07. The zero-order valence-corrected chi connectivity index (χ0v) is 11.1. The summed E-state index contributed by atoms with van der Waals surface area (Å²) in [5, 5.41) is 13.1. The van der Waals surface area contributed by atoms with E-state index in [1.807, 2.05) is 0 Å². The Balaban J connectivity index is 2.07. The minimum atomic E-state index is -0.901. The highest BCUT2D eigenvalue weighted by atomic mass is 16.4. The van der Waals surface area contributed by atoms with Gasteiger partial charge < -0.3 is 10.0 Å².